The molecular weight excluding hydrogens is 450 g/mol. The van der Waals surface area contributed by atoms with E-state index < -0.39 is 36.0 Å². The molecule has 7 nitrogen and oxygen atoms in total. The second-order valence-electron chi connectivity index (χ2n) is 9.02. The van der Waals surface area contributed by atoms with Crippen molar-refractivity contribution in [2.45, 2.75) is 45.1 Å². The van der Waals surface area contributed by atoms with E-state index in [0.29, 0.717) is 22.4 Å². The zero-order chi connectivity index (χ0) is 24.9. The van der Waals surface area contributed by atoms with E-state index in [1.807, 2.05) is 27.7 Å². The number of esters is 1. The van der Waals surface area contributed by atoms with Gasteiger partial charge in [0.15, 0.2) is 0 Å². The molecule has 0 saturated carbocycles. The van der Waals surface area contributed by atoms with Crippen LogP contribution in [0.3, 0.4) is 0 Å². The van der Waals surface area contributed by atoms with E-state index in [1.54, 1.807) is 24.4 Å². The van der Waals surface area contributed by atoms with Crippen molar-refractivity contribution < 1.29 is 32.0 Å². The number of ether oxygens (including phenoxy) is 1. The summed E-state index contributed by atoms with van der Waals surface area (Å²) in [5, 5.41) is 8.17. The first-order chi connectivity index (χ1) is 15.8. The number of hydrogen-bond donors (Lipinski definition) is 0. The first-order valence-electron chi connectivity index (χ1n) is 10.5. The van der Waals surface area contributed by atoms with E-state index >= 15 is 0 Å². The largest absolute Gasteiger partial charge is 0.494 e. The van der Waals surface area contributed by atoms with Crippen LogP contribution in [0.15, 0.2) is 48.7 Å². The van der Waals surface area contributed by atoms with Crippen LogP contribution in [0.5, 0.6) is 0 Å². The standard InChI is InChI=1S/C23H23BF3N3O4/c1-21(2)22(3,4)34-24(33-21)17-11-14(10-15(12-17)20(31)32-5)19-13-30(29-28-19)18-8-6-16(7-9-18)23(25,26)27/h6-13H,1-5H3. The second kappa shape index (κ2) is 8.24. The van der Waals surface area contributed by atoms with E-state index in [4.69, 9.17) is 14.0 Å². The number of rotatable bonds is 4. The van der Waals surface area contributed by atoms with Gasteiger partial charge < -0.3 is 14.0 Å². The number of nitrogens with zero attached hydrogens (tertiary/aromatic N) is 3. The van der Waals surface area contributed by atoms with Crippen molar-refractivity contribution in [1.29, 1.82) is 0 Å². The number of aromatic nitrogens is 3. The Bertz CT molecular complexity index is 1210. The highest BCUT2D eigenvalue weighted by Gasteiger charge is 2.51. The van der Waals surface area contributed by atoms with Crippen LogP contribution in [0, 0.1) is 0 Å². The molecule has 1 aliphatic rings. The third-order valence-corrected chi connectivity index (χ3v) is 6.15. The lowest BCUT2D eigenvalue weighted by Crippen LogP contribution is -2.41. The summed E-state index contributed by atoms with van der Waals surface area (Å²) in [5.74, 6) is -0.547. The second-order valence-corrected chi connectivity index (χ2v) is 9.02. The quantitative estimate of drug-likeness (QED) is 0.421. The van der Waals surface area contributed by atoms with Crippen LogP contribution in [0.1, 0.15) is 43.6 Å². The highest BCUT2D eigenvalue weighted by Crippen LogP contribution is 2.37. The molecule has 2 heterocycles. The summed E-state index contributed by atoms with van der Waals surface area (Å²) in [6.45, 7) is 7.70. The molecule has 0 N–H and O–H groups in total. The van der Waals surface area contributed by atoms with Gasteiger partial charge in [0.05, 0.1) is 41.3 Å². The maximum absolute atomic E-state index is 12.8. The topological polar surface area (TPSA) is 75.5 Å². The minimum absolute atomic E-state index is 0.272. The van der Waals surface area contributed by atoms with Crippen LogP contribution in [0.2, 0.25) is 0 Å². The fraction of sp³-hybridized carbons (Fsp3) is 0.348. The van der Waals surface area contributed by atoms with Gasteiger partial charge in [-0.25, -0.2) is 9.48 Å². The molecule has 1 aliphatic heterocycles. The highest BCUT2D eigenvalue weighted by atomic mass is 19.4. The Balaban J connectivity index is 1.70. The number of methoxy groups -OCH3 is 1. The molecule has 0 aliphatic carbocycles. The van der Waals surface area contributed by atoms with Gasteiger partial charge in [-0.15, -0.1) is 5.10 Å². The zero-order valence-corrected chi connectivity index (χ0v) is 19.3. The molecule has 0 bridgehead atoms. The van der Waals surface area contributed by atoms with Crippen LogP contribution in [0.4, 0.5) is 13.2 Å². The molecule has 4 rings (SSSR count). The van der Waals surface area contributed by atoms with Crippen molar-refractivity contribution in [2.24, 2.45) is 0 Å². The van der Waals surface area contributed by atoms with Gasteiger partial charge in [0.1, 0.15) is 5.69 Å². The van der Waals surface area contributed by atoms with Crippen LogP contribution < -0.4 is 5.46 Å². The predicted octanol–water partition coefficient (Wildman–Crippen LogP) is 4.04. The average Bonchev–Trinajstić information content (AvgIpc) is 3.35. The minimum atomic E-state index is -4.43. The van der Waals surface area contributed by atoms with Crippen molar-refractivity contribution in [2.75, 3.05) is 7.11 Å². The van der Waals surface area contributed by atoms with Gasteiger partial charge >= 0.3 is 19.3 Å². The number of carbonyl (C=O) groups excluding carboxylic acids is 1. The third-order valence-electron chi connectivity index (χ3n) is 6.15. The summed E-state index contributed by atoms with van der Waals surface area (Å²) in [6, 6.07) is 9.58. The summed E-state index contributed by atoms with van der Waals surface area (Å²) in [6.07, 6.45) is -2.86. The van der Waals surface area contributed by atoms with Crippen molar-refractivity contribution in [3.05, 3.63) is 59.8 Å². The molecule has 1 aromatic heterocycles. The molecule has 3 aromatic rings. The van der Waals surface area contributed by atoms with Crippen LogP contribution in [0.25, 0.3) is 16.9 Å². The zero-order valence-electron chi connectivity index (χ0n) is 19.3. The molecular formula is C23H23BF3N3O4. The lowest BCUT2D eigenvalue weighted by atomic mass is 9.77. The fourth-order valence-electron chi connectivity index (χ4n) is 3.48. The normalized spacial score (nSPS) is 17.1. The Morgan fingerprint density at radius 1 is 1.03 bits per heavy atom. The summed E-state index contributed by atoms with van der Waals surface area (Å²) in [5.41, 5.74) is 0.315. The molecule has 0 spiro atoms. The summed E-state index contributed by atoms with van der Waals surface area (Å²) in [7, 11) is 0.558. The van der Waals surface area contributed by atoms with Gasteiger partial charge in [-0.05, 0) is 69.6 Å². The molecule has 0 unspecified atom stereocenters. The van der Waals surface area contributed by atoms with Gasteiger partial charge in [-0.1, -0.05) is 11.3 Å². The number of alkyl halides is 3. The van der Waals surface area contributed by atoms with Crippen molar-refractivity contribution in [1.82, 2.24) is 15.0 Å². The van der Waals surface area contributed by atoms with Gasteiger partial charge in [0.2, 0.25) is 0 Å². The minimum Gasteiger partial charge on any atom is -0.465 e. The molecule has 1 fully saturated rings. The van der Waals surface area contributed by atoms with Gasteiger partial charge in [-0.2, -0.15) is 13.2 Å². The van der Waals surface area contributed by atoms with Crippen LogP contribution in [-0.4, -0.2) is 46.4 Å². The Labute approximate surface area is 195 Å². The number of halogens is 3. The number of hydrogen-bond acceptors (Lipinski definition) is 6. The molecule has 1 saturated heterocycles. The Morgan fingerprint density at radius 3 is 2.21 bits per heavy atom. The third kappa shape index (κ3) is 4.45. The molecule has 0 atom stereocenters. The number of benzene rings is 2. The summed E-state index contributed by atoms with van der Waals surface area (Å²) < 4.78 is 57.0. The van der Waals surface area contributed by atoms with Crippen LogP contribution >= 0.6 is 0 Å². The molecule has 2 aromatic carbocycles. The molecule has 0 amide bonds. The van der Waals surface area contributed by atoms with Crippen molar-refractivity contribution in [3.63, 3.8) is 0 Å². The monoisotopic (exact) mass is 473 g/mol. The van der Waals surface area contributed by atoms with E-state index in [0.717, 1.165) is 12.1 Å². The first-order valence-corrected chi connectivity index (χ1v) is 10.5. The van der Waals surface area contributed by atoms with Gasteiger partial charge in [0.25, 0.3) is 0 Å². The maximum Gasteiger partial charge on any atom is 0.494 e. The predicted molar refractivity (Wildman–Crippen MR) is 119 cm³/mol. The lowest BCUT2D eigenvalue weighted by Gasteiger charge is -2.32. The van der Waals surface area contributed by atoms with E-state index in [9.17, 15) is 18.0 Å². The fourth-order valence-corrected chi connectivity index (χ4v) is 3.48. The average molecular weight is 473 g/mol. The molecule has 34 heavy (non-hydrogen) atoms. The SMILES string of the molecule is COC(=O)c1cc(B2OC(C)(C)C(C)(C)O2)cc(-c2cn(-c3ccc(C(F)(F)F)cc3)nn2)c1. The highest BCUT2D eigenvalue weighted by molar-refractivity contribution is 6.62. The first kappa shape index (κ1) is 24.0. The molecule has 178 valence electrons. The molecule has 0 radical (unpaired) electrons. The van der Waals surface area contributed by atoms with Crippen LogP contribution in [-0.2, 0) is 20.2 Å². The Kier molecular flexibility index (Phi) is 5.81. The lowest BCUT2D eigenvalue weighted by molar-refractivity contribution is -0.137. The summed E-state index contributed by atoms with van der Waals surface area (Å²) >= 11 is 0. The smallest absolute Gasteiger partial charge is 0.465 e. The molecule has 11 heteroatoms. The van der Waals surface area contributed by atoms with Crippen molar-refractivity contribution in [3.8, 4) is 16.9 Å². The van der Waals surface area contributed by atoms with Gasteiger partial charge in [-0.3, -0.25) is 0 Å². The van der Waals surface area contributed by atoms with E-state index in [-0.39, 0.29) is 5.56 Å². The maximum atomic E-state index is 12.8. The van der Waals surface area contributed by atoms with Crippen molar-refractivity contribution >= 4 is 18.6 Å². The van der Waals surface area contributed by atoms with Gasteiger partial charge in [0, 0.05) is 5.56 Å². The number of carbonyl (C=O) groups is 1. The Morgan fingerprint density at radius 2 is 1.65 bits per heavy atom. The Hall–Kier alpha value is -3.18. The summed E-state index contributed by atoms with van der Waals surface area (Å²) in [4.78, 5) is 12.3. The van der Waals surface area contributed by atoms with E-state index in [1.165, 1.54) is 23.9 Å². The van der Waals surface area contributed by atoms with E-state index in [2.05, 4.69) is 10.3 Å².